The zero-order valence-corrected chi connectivity index (χ0v) is 19.3. The summed E-state index contributed by atoms with van der Waals surface area (Å²) in [5.41, 5.74) is 2.37. The van der Waals surface area contributed by atoms with E-state index in [1.54, 1.807) is 51.3 Å². The molecule has 3 rings (SSSR count). The Morgan fingerprint density at radius 3 is 2.50 bits per heavy atom. The van der Waals surface area contributed by atoms with Gasteiger partial charge in [-0.25, -0.2) is 8.42 Å². The molecule has 32 heavy (non-hydrogen) atoms. The maximum atomic E-state index is 13.0. The summed E-state index contributed by atoms with van der Waals surface area (Å²) >= 11 is 0. The minimum Gasteiger partial charge on any atom is -0.467 e. The van der Waals surface area contributed by atoms with Crippen LogP contribution in [0.5, 0.6) is 0 Å². The van der Waals surface area contributed by atoms with Crippen LogP contribution in [-0.2, 0) is 28.0 Å². The van der Waals surface area contributed by atoms with Crippen LogP contribution in [0.25, 0.3) is 0 Å². The van der Waals surface area contributed by atoms with Crippen molar-refractivity contribution in [1.82, 2.24) is 4.31 Å². The van der Waals surface area contributed by atoms with Crippen molar-refractivity contribution in [2.24, 2.45) is 0 Å². The van der Waals surface area contributed by atoms with Crippen molar-refractivity contribution >= 4 is 21.6 Å². The molecule has 0 spiro atoms. The SMILES string of the molecule is CCN(CC)S(=O)(=O)c1cc(C(=O)Nc2cccc(COCc3ccco3)c2)ccc1C. The second-order valence-electron chi connectivity index (χ2n) is 7.30. The number of carbonyl (C=O) groups excluding carboxylic acids is 1. The molecule has 170 valence electrons. The lowest BCUT2D eigenvalue weighted by Gasteiger charge is -2.20. The molecule has 0 unspecified atom stereocenters. The predicted octanol–water partition coefficient (Wildman–Crippen LogP) is 4.59. The molecule has 1 aromatic heterocycles. The van der Waals surface area contributed by atoms with E-state index in [1.165, 1.54) is 10.4 Å². The molecular formula is C24H28N2O5S. The average molecular weight is 457 g/mol. The molecule has 1 amide bonds. The highest BCUT2D eigenvalue weighted by molar-refractivity contribution is 7.89. The minimum atomic E-state index is -3.67. The van der Waals surface area contributed by atoms with Crippen LogP contribution in [0.3, 0.4) is 0 Å². The van der Waals surface area contributed by atoms with Crippen molar-refractivity contribution in [2.75, 3.05) is 18.4 Å². The molecule has 7 nitrogen and oxygen atoms in total. The minimum absolute atomic E-state index is 0.147. The van der Waals surface area contributed by atoms with Gasteiger partial charge in [-0.3, -0.25) is 4.79 Å². The van der Waals surface area contributed by atoms with Crippen LogP contribution in [0, 0.1) is 6.92 Å². The van der Waals surface area contributed by atoms with Crippen LogP contribution in [0.15, 0.2) is 70.2 Å². The van der Waals surface area contributed by atoms with E-state index < -0.39 is 10.0 Å². The highest BCUT2D eigenvalue weighted by Gasteiger charge is 2.24. The fourth-order valence-corrected chi connectivity index (χ4v) is 5.04. The highest BCUT2D eigenvalue weighted by Crippen LogP contribution is 2.22. The van der Waals surface area contributed by atoms with Gasteiger partial charge in [-0.2, -0.15) is 4.31 Å². The lowest BCUT2D eigenvalue weighted by molar-refractivity contribution is 0.0929. The molecule has 3 aromatic rings. The van der Waals surface area contributed by atoms with E-state index >= 15 is 0 Å². The Balaban J connectivity index is 1.72. The number of aryl methyl sites for hydroxylation is 1. The van der Waals surface area contributed by atoms with Crippen LogP contribution in [0.2, 0.25) is 0 Å². The molecule has 8 heteroatoms. The van der Waals surface area contributed by atoms with Crippen molar-refractivity contribution < 1.29 is 22.4 Å². The summed E-state index contributed by atoms with van der Waals surface area (Å²) in [5.74, 6) is 0.360. The highest BCUT2D eigenvalue weighted by atomic mass is 32.2. The molecule has 0 radical (unpaired) electrons. The molecule has 0 atom stereocenters. The summed E-state index contributed by atoms with van der Waals surface area (Å²) in [4.78, 5) is 13.0. The Morgan fingerprint density at radius 2 is 1.81 bits per heavy atom. The van der Waals surface area contributed by atoms with E-state index in [1.807, 2.05) is 24.3 Å². The zero-order chi connectivity index (χ0) is 23.1. The molecule has 0 aliphatic rings. The van der Waals surface area contributed by atoms with Gasteiger partial charge < -0.3 is 14.5 Å². The third kappa shape index (κ3) is 5.64. The molecule has 0 fully saturated rings. The van der Waals surface area contributed by atoms with E-state index in [0.29, 0.717) is 37.6 Å². The van der Waals surface area contributed by atoms with E-state index in [4.69, 9.17) is 9.15 Å². The smallest absolute Gasteiger partial charge is 0.255 e. The summed E-state index contributed by atoms with van der Waals surface area (Å²) in [6, 6.07) is 15.7. The third-order valence-corrected chi connectivity index (χ3v) is 7.24. The number of nitrogens with zero attached hydrogens (tertiary/aromatic N) is 1. The first-order chi connectivity index (χ1) is 15.3. The second kappa shape index (κ2) is 10.6. The van der Waals surface area contributed by atoms with Gasteiger partial charge in [0.25, 0.3) is 5.91 Å². The zero-order valence-electron chi connectivity index (χ0n) is 18.5. The number of furan rings is 1. The first kappa shape index (κ1) is 23.7. The number of hydrogen-bond donors (Lipinski definition) is 1. The molecule has 2 aromatic carbocycles. The average Bonchev–Trinajstić information content (AvgIpc) is 3.28. The number of benzene rings is 2. The fraction of sp³-hybridized carbons (Fsp3) is 0.292. The number of rotatable bonds is 10. The number of ether oxygens (including phenoxy) is 1. The van der Waals surface area contributed by atoms with Crippen molar-refractivity contribution in [1.29, 1.82) is 0 Å². The fourth-order valence-electron chi connectivity index (χ4n) is 3.33. The number of sulfonamides is 1. The van der Waals surface area contributed by atoms with Crippen LogP contribution in [0.4, 0.5) is 5.69 Å². The molecule has 1 N–H and O–H groups in total. The van der Waals surface area contributed by atoms with Crippen LogP contribution < -0.4 is 5.32 Å². The van der Waals surface area contributed by atoms with E-state index in [2.05, 4.69) is 5.32 Å². The van der Waals surface area contributed by atoms with Gasteiger partial charge in [0.05, 0.1) is 17.8 Å². The number of carbonyl (C=O) groups is 1. The van der Waals surface area contributed by atoms with Gasteiger partial charge in [0.1, 0.15) is 12.4 Å². The summed E-state index contributed by atoms with van der Waals surface area (Å²) in [6.07, 6.45) is 1.60. The van der Waals surface area contributed by atoms with Gasteiger partial charge in [-0.1, -0.05) is 32.0 Å². The predicted molar refractivity (Wildman–Crippen MR) is 123 cm³/mol. The van der Waals surface area contributed by atoms with Crippen LogP contribution in [-0.4, -0.2) is 31.7 Å². The van der Waals surface area contributed by atoms with Crippen molar-refractivity contribution in [3.05, 3.63) is 83.3 Å². The molecule has 0 saturated heterocycles. The quantitative estimate of drug-likeness (QED) is 0.482. The normalized spacial score (nSPS) is 11.6. The van der Waals surface area contributed by atoms with Gasteiger partial charge in [0.15, 0.2) is 0 Å². The molecule has 0 aliphatic carbocycles. The number of anilines is 1. The van der Waals surface area contributed by atoms with Crippen LogP contribution >= 0.6 is 0 Å². The van der Waals surface area contributed by atoms with Gasteiger partial charge in [0, 0.05) is 24.3 Å². The Kier molecular flexibility index (Phi) is 7.84. The topological polar surface area (TPSA) is 88.9 Å². The van der Waals surface area contributed by atoms with Gasteiger partial charge in [-0.05, 0) is 54.4 Å². The van der Waals surface area contributed by atoms with Crippen molar-refractivity contribution in [3.63, 3.8) is 0 Å². The Morgan fingerprint density at radius 1 is 1.03 bits per heavy atom. The Hall–Kier alpha value is -2.94. The van der Waals surface area contributed by atoms with Gasteiger partial charge >= 0.3 is 0 Å². The van der Waals surface area contributed by atoms with Gasteiger partial charge in [-0.15, -0.1) is 0 Å². The summed E-state index contributed by atoms with van der Waals surface area (Å²) < 4.78 is 38.2. The number of hydrogen-bond acceptors (Lipinski definition) is 5. The molecule has 0 bridgehead atoms. The summed E-state index contributed by atoms with van der Waals surface area (Å²) in [7, 11) is -3.67. The maximum absolute atomic E-state index is 13.0. The first-order valence-corrected chi connectivity index (χ1v) is 11.9. The first-order valence-electron chi connectivity index (χ1n) is 10.5. The van der Waals surface area contributed by atoms with E-state index in [9.17, 15) is 13.2 Å². The largest absolute Gasteiger partial charge is 0.467 e. The maximum Gasteiger partial charge on any atom is 0.255 e. The molecular weight excluding hydrogens is 428 g/mol. The second-order valence-corrected chi connectivity index (χ2v) is 9.20. The Labute approximate surface area is 189 Å². The van der Waals surface area contributed by atoms with E-state index in [0.717, 1.165) is 11.3 Å². The monoisotopic (exact) mass is 456 g/mol. The molecule has 0 saturated carbocycles. The lowest BCUT2D eigenvalue weighted by Crippen LogP contribution is -2.31. The number of nitrogens with one attached hydrogen (secondary N) is 1. The standard InChI is InChI=1S/C24H28N2O5S/c1-4-26(5-2)32(28,29)23-15-20(12-11-18(23)3)24(27)25-21-9-6-8-19(14-21)16-30-17-22-10-7-13-31-22/h6-15H,4-5,16-17H2,1-3H3,(H,25,27). The van der Waals surface area contributed by atoms with Crippen molar-refractivity contribution in [2.45, 2.75) is 38.9 Å². The summed E-state index contributed by atoms with van der Waals surface area (Å²) in [5, 5.41) is 2.84. The molecule has 0 aliphatic heterocycles. The number of amides is 1. The van der Waals surface area contributed by atoms with E-state index in [-0.39, 0.29) is 16.4 Å². The summed E-state index contributed by atoms with van der Waals surface area (Å²) in [6.45, 7) is 6.76. The Bertz CT molecular complexity index is 1150. The van der Waals surface area contributed by atoms with Crippen molar-refractivity contribution in [3.8, 4) is 0 Å². The van der Waals surface area contributed by atoms with Crippen LogP contribution in [0.1, 0.15) is 41.1 Å². The third-order valence-electron chi connectivity index (χ3n) is 5.05. The lowest BCUT2D eigenvalue weighted by atomic mass is 10.1. The van der Waals surface area contributed by atoms with Gasteiger partial charge in [0.2, 0.25) is 10.0 Å². The molecule has 1 heterocycles.